The topological polar surface area (TPSA) is 78.0 Å². The number of rotatable bonds is 4. The summed E-state index contributed by atoms with van der Waals surface area (Å²) in [4.78, 5) is 18.0. The first-order chi connectivity index (χ1) is 8.15. The van der Waals surface area contributed by atoms with Gasteiger partial charge in [0, 0.05) is 5.69 Å². The van der Waals surface area contributed by atoms with E-state index in [1.165, 1.54) is 0 Å². The number of carboxylic acid groups (broad SMARTS) is 1. The maximum Gasteiger partial charge on any atom is 0.335 e. The van der Waals surface area contributed by atoms with Crippen molar-refractivity contribution in [3.8, 4) is 0 Å². The molecule has 2 rings (SSSR count). The van der Waals surface area contributed by atoms with E-state index in [9.17, 15) is 4.79 Å². The molecule has 1 aromatic heterocycles. The van der Waals surface area contributed by atoms with E-state index < -0.39 is 5.97 Å². The highest BCUT2D eigenvalue weighted by Gasteiger charge is 2.03. The van der Waals surface area contributed by atoms with E-state index >= 15 is 0 Å². The average molecular weight is 231 g/mol. The van der Waals surface area contributed by atoms with Crippen LogP contribution in [0.5, 0.6) is 0 Å². The van der Waals surface area contributed by atoms with Crippen molar-refractivity contribution in [1.29, 1.82) is 0 Å². The van der Waals surface area contributed by atoms with Gasteiger partial charge < -0.3 is 15.4 Å². The number of hydrogen-bond donors (Lipinski definition) is 3. The number of aromatic carboxylic acids is 1. The first-order valence-corrected chi connectivity index (χ1v) is 5.23. The Hall–Kier alpha value is -2.30. The van der Waals surface area contributed by atoms with Gasteiger partial charge in [0.1, 0.15) is 5.82 Å². The number of nitrogens with zero attached hydrogens (tertiary/aromatic N) is 1. The van der Waals surface area contributed by atoms with Gasteiger partial charge in [-0.3, -0.25) is 0 Å². The second-order valence-electron chi connectivity index (χ2n) is 3.73. The molecule has 0 saturated carbocycles. The van der Waals surface area contributed by atoms with Gasteiger partial charge in [0.05, 0.1) is 24.0 Å². The van der Waals surface area contributed by atoms with E-state index in [-0.39, 0.29) is 5.56 Å². The largest absolute Gasteiger partial charge is 0.478 e. The summed E-state index contributed by atoms with van der Waals surface area (Å²) >= 11 is 0. The molecule has 0 spiro atoms. The van der Waals surface area contributed by atoms with Gasteiger partial charge in [-0.2, -0.15) is 0 Å². The van der Waals surface area contributed by atoms with Crippen LogP contribution in [0.2, 0.25) is 0 Å². The molecule has 0 aliphatic rings. The Morgan fingerprint density at radius 3 is 3.00 bits per heavy atom. The molecule has 1 heterocycles. The minimum Gasteiger partial charge on any atom is -0.478 e. The number of hydrogen-bond acceptors (Lipinski definition) is 3. The first-order valence-electron chi connectivity index (χ1n) is 5.23. The number of aromatic amines is 1. The Labute approximate surface area is 98.5 Å². The van der Waals surface area contributed by atoms with Gasteiger partial charge in [0.25, 0.3) is 0 Å². The molecule has 5 heteroatoms. The number of carboxylic acids is 1. The van der Waals surface area contributed by atoms with Crippen LogP contribution < -0.4 is 5.32 Å². The molecule has 0 aliphatic carbocycles. The number of H-pyrrole nitrogens is 1. The molecule has 0 bridgehead atoms. The predicted molar refractivity (Wildman–Crippen MR) is 64.1 cm³/mol. The van der Waals surface area contributed by atoms with Gasteiger partial charge in [-0.05, 0) is 25.1 Å². The van der Waals surface area contributed by atoms with Crippen LogP contribution in [-0.4, -0.2) is 21.0 Å². The number of nitrogens with one attached hydrogen (secondary N) is 2. The predicted octanol–water partition coefficient (Wildman–Crippen LogP) is 2.03. The van der Waals surface area contributed by atoms with Crippen LogP contribution in [0.15, 0.2) is 30.5 Å². The summed E-state index contributed by atoms with van der Waals surface area (Å²) in [5, 5.41) is 12.0. The SMILES string of the molecule is Cc1ncc(CNc2cccc(C(=O)O)c2)[nH]1. The van der Waals surface area contributed by atoms with Crippen LogP contribution >= 0.6 is 0 Å². The summed E-state index contributed by atoms with van der Waals surface area (Å²) in [6.45, 7) is 2.47. The van der Waals surface area contributed by atoms with Crippen molar-refractivity contribution in [2.75, 3.05) is 5.32 Å². The summed E-state index contributed by atoms with van der Waals surface area (Å²) in [5.41, 5.74) is 2.01. The van der Waals surface area contributed by atoms with E-state index in [4.69, 9.17) is 5.11 Å². The van der Waals surface area contributed by atoms with Crippen molar-refractivity contribution in [3.05, 3.63) is 47.5 Å². The van der Waals surface area contributed by atoms with Gasteiger partial charge in [-0.1, -0.05) is 6.07 Å². The summed E-state index contributed by atoms with van der Waals surface area (Å²) < 4.78 is 0. The van der Waals surface area contributed by atoms with Crippen LogP contribution in [0.4, 0.5) is 5.69 Å². The molecule has 0 atom stereocenters. The summed E-state index contributed by atoms with van der Waals surface area (Å²) in [6, 6.07) is 6.71. The Balaban J connectivity index is 2.04. The first kappa shape index (κ1) is 11.2. The zero-order valence-electron chi connectivity index (χ0n) is 9.40. The summed E-state index contributed by atoms with van der Waals surface area (Å²) in [7, 11) is 0. The molecule has 0 saturated heterocycles. The lowest BCUT2D eigenvalue weighted by Gasteiger charge is -2.05. The fourth-order valence-corrected chi connectivity index (χ4v) is 1.52. The van der Waals surface area contributed by atoms with Crippen molar-refractivity contribution >= 4 is 11.7 Å². The lowest BCUT2D eigenvalue weighted by molar-refractivity contribution is 0.0697. The second-order valence-corrected chi connectivity index (χ2v) is 3.73. The molecular weight excluding hydrogens is 218 g/mol. The third-order valence-electron chi connectivity index (χ3n) is 2.35. The number of anilines is 1. The maximum atomic E-state index is 10.8. The zero-order valence-corrected chi connectivity index (χ0v) is 9.40. The molecule has 88 valence electrons. The Kier molecular flexibility index (Phi) is 3.09. The smallest absolute Gasteiger partial charge is 0.335 e. The summed E-state index contributed by atoms with van der Waals surface area (Å²) in [5.74, 6) is -0.0629. The minimum absolute atomic E-state index is 0.274. The number of imidazole rings is 1. The number of aromatic nitrogens is 2. The van der Waals surface area contributed by atoms with Crippen molar-refractivity contribution in [2.45, 2.75) is 13.5 Å². The zero-order chi connectivity index (χ0) is 12.3. The molecule has 1 aromatic carbocycles. The van der Waals surface area contributed by atoms with Crippen molar-refractivity contribution in [1.82, 2.24) is 9.97 Å². The quantitative estimate of drug-likeness (QED) is 0.752. The van der Waals surface area contributed by atoms with Crippen molar-refractivity contribution in [2.24, 2.45) is 0 Å². The molecule has 0 radical (unpaired) electrons. The standard InChI is InChI=1S/C12H13N3O2/c1-8-13-6-11(15-8)7-14-10-4-2-3-9(5-10)12(16)17/h2-6,14H,7H2,1H3,(H,13,15)(H,16,17). The minimum atomic E-state index is -0.925. The fraction of sp³-hybridized carbons (Fsp3) is 0.167. The lowest BCUT2D eigenvalue weighted by atomic mass is 10.2. The maximum absolute atomic E-state index is 10.8. The molecule has 0 aliphatic heterocycles. The van der Waals surface area contributed by atoms with Gasteiger partial charge in [-0.25, -0.2) is 9.78 Å². The van der Waals surface area contributed by atoms with E-state index in [2.05, 4.69) is 15.3 Å². The van der Waals surface area contributed by atoms with Gasteiger partial charge in [0.2, 0.25) is 0 Å². The molecule has 0 amide bonds. The molecule has 2 aromatic rings. The van der Waals surface area contributed by atoms with E-state index in [1.54, 1.807) is 24.4 Å². The molecule has 17 heavy (non-hydrogen) atoms. The van der Waals surface area contributed by atoms with Crippen LogP contribution in [0.3, 0.4) is 0 Å². The van der Waals surface area contributed by atoms with E-state index in [1.807, 2.05) is 13.0 Å². The molecule has 0 fully saturated rings. The van der Waals surface area contributed by atoms with Gasteiger partial charge in [-0.15, -0.1) is 0 Å². The average Bonchev–Trinajstić information content (AvgIpc) is 2.73. The summed E-state index contributed by atoms with van der Waals surface area (Å²) in [6.07, 6.45) is 1.75. The highest BCUT2D eigenvalue weighted by molar-refractivity contribution is 5.88. The molecule has 5 nitrogen and oxygen atoms in total. The number of carbonyl (C=O) groups is 1. The highest BCUT2D eigenvalue weighted by Crippen LogP contribution is 2.11. The fourth-order valence-electron chi connectivity index (χ4n) is 1.52. The molecule has 3 N–H and O–H groups in total. The van der Waals surface area contributed by atoms with E-state index in [0.717, 1.165) is 17.2 Å². The van der Waals surface area contributed by atoms with Crippen LogP contribution in [-0.2, 0) is 6.54 Å². The second kappa shape index (κ2) is 4.69. The third-order valence-corrected chi connectivity index (χ3v) is 2.35. The number of aryl methyl sites for hydroxylation is 1. The van der Waals surface area contributed by atoms with Gasteiger partial charge >= 0.3 is 5.97 Å². The van der Waals surface area contributed by atoms with Crippen LogP contribution in [0, 0.1) is 6.92 Å². The third kappa shape index (κ3) is 2.84. The van der Waals surface area contributed by atoms with Gasteiger partial charge in [0.15, 0.2) is 0 Å². The molecule has 0 unspecified atom stereocenters. The Morgan fingerprint density at radius 1 is 1.53 bits per heavy atom. The van der Waals surface area contributed by atoms with E-state index in [0.29, 0.717) is 6.54 Å². The van der Waals surface area contributed by atoms with Crippen LogP contribution in [0.25, 0.3) is 0 Å². The Bertz CT molecular complexity index is 534. The highest BCUT2D eigenvalue weighted by atomic mass is 16.4. The molecular formula is C12H13N3O2. The normalized spacial score (nSPS) is 10.2. The number of benzene rings is 1. The van der Waals surface area contributed by atoms with Crippen molar-refractivity contribution in [3.63, 3.8) is 0 Å². The Morgan fingerprint density at radius 2 is 2.35 bits per heavy atom. The lowest BCUT2D eigenvalue weighted by Crippen LogP contribution is -2.02. The monoisotopic (exact) mass is 231 g/mol. The van der Waals surface area contributed by atoms with Crippen molar-refractivity contribution < 1.29 is 9.90 Å². The van der Waals surface area contributed by atoms with Crippen LogP contribution in [0.1, 0.15) is 21.9 Å².